The van der Waals surface area contributed by atoms with Crippen LogP contribution in [0.5, 0.6) is 0 Å². The van der Waals surface area contributed by atoms with Gasteiger partial charge in [0.05, 0.1) is 4.92 Å². The van der Waals surface area contributed by atoms with Crippen LogP contribution in [0.3, 0.4) is 0 Å². The molecular formula is C9H9NO4. The molecule has 14 heavy (non-hydrogen) atoms. The third-order valence-corrected chi connectivity index (χ3v) is 1.81. The van der Waals surface area contributed by atoms with Gasteiger partial charge in [0, 0.05) is 17.2 Å². The van der Waals surface area contributed by atoms with E-state index in [-0.39, 0.29) is 11.4 Å². The summed E-state index contributed by atoms with van der Waals surface area (Å²) < 4.78 is 0. The lowest BCUT2D eigenvalue weighted by atomic mass is 10.1. The molecule has 0 aromatic heterocycles. The molecule has 0 saturated carbocycles. The number of rotatable bonds is 2. The molecule has 0 heterocycles. The molecule has 1 aromatic carbocycles. The lowest BCUT2D eigenvalue weighted by Crippen LogP contribution is -1.93. The highest BCUT2D eigenvalue weighted by Gasteiger charge is 2.11. The van der Waals surface area contributed by atoms with Crippen molar-refractivity contribution in [3.63, 3.8) is 0 Å². The van der Waals surface area contributed by atoms with E-state index in [9.17, 15) is 10.1 Å². The van der Waals surface area contributed by atoms with Crippen LogP contribution in [-0.2, 0) is 0 Å². The molecule has 1 rings (SSSR count). The summed E-state index contributed by atoms with van der Waals surface area (Å²) >= 11 is 0. The van der Waals surface area contributed by atoms with Crippen molar-refractivity contribution in [3.05, 3.63) is 45.7 Å². The van der Waals surface area contributed by atoms with E-state index in [1.807, 2.05) is 0 Å². The lowest BCUT2D eigenvalue weighted by molar-refractivity contribution is -0.385. The molecule has 0 spiro atoms. The zero-order valence-corrected chi connectivity index (χ0v) is 7.47. The average molecular weight is 195 g/mol. The van der Waals surface area contributed by atoms with E-state index in [0.29, 0.717) is 17.4 Å². The summed E-state index contributed by atoms with van der Waals surface area (Å²) in [5.41, 5.74) is 0.760. The molecule has 5 nitrogen and oxygen atoms in total. The molecule has 1 aromatic rings. The monoisotopic (exact) mass is 195 g/mol. The lowest BCUT2D eigenvalue weighted by Gasteiger charge is -2.01. The SMILES string of the molecule is Cc1cc(C(O)=CO)ccc1[N+](=O)[O-]. The van der Waals surface area contributed by atoms with Gasteiger partial charge in [0.1, 0.15) is 6.26 Å². The van der Waals surface area contributed by atoms with Crippen molar-refractivity contribution in [2.24, 2.45) is 0 Å². The summed E-state index contributed by atoms with van der Waals surface area (Å²) in [4.78, 5) is 9.95. The van der Waals surface area contributed by atoms with Crippen molar-refractivity contribution in [1.29, 1.82) is 0 Å². The molecule has 0 aliphatic heterocycles. The minimum atomic E-state index is -0.501. The van der Waals surface area contributed by atoms with Gasteiger partial charge in [-0.3, -0.25) is 10.1 Å². The zero-order chi connectivity index (χ0) is 10.7. The summed E-state index contributed by atoms with van der Waals surface area (Å²) in [6.45, 7) is 1.56. The van der Waals surface area contributed by atoms with Gasteiger partial charge in [-0.15, -0.1) is 0 Å². The van der Waals surface area contributed by atoms with Crippen LogP contribution >= 0.6 is 0 Å². The Kier molecular flexibility index (Phi) is 2.71. The van der Waals surface area contributed by atoms with Crippen LogP contribution in [0.4, 0.5) is 5.69 Å². The highest BCUT2D eigenvalue weighted by Crippen LogP contribution is 2.21. The first-order chi connectivity index (χ1) is 6.56. The van der Waals surface area contributed by atoms with Crippen molar-refractivity contribution in [3.8, 4) is 0 Å². The minimum Gasteiger partial charge on any atom is -0.512 e. The van der Waals surface area contributed by atoms with Crippen LogP contribution in [0, 0.1) is 17.0 Å². The number of nitro benzene ring substituents is 1. The number of aryl methyl sites for hydroxylation is 1. The van der Waals surface area contributed by atoms with Crippen LogP contribution in [0.15, 0.2) is 24.5 Å². The van der Waals surface area contributed by atoms with Crippen molar-refractivity contribution < 1.29 is 15.1 Å². The molecule has 0 radical (unpaired) electrons. The molecule has 0 fully saturated rings. The quantitative estimate of drug-likeness (QED) is 0.431. The first kappa shape index (κ1) is 10.0. The number of nitrogens with zero attached hydrogens (tertiary/aromatic N) is 1. The molecule has 0 unspecified atom stereocenters. The predicted octanol–water partition coefficient (Wildman–Crippen LogP) is 2.32. The largest absolute Gasteiger partial charge is 0.512 e. The van der Waals surface area contributed by atoms with Crippen molar-refractivity contribution in [2.75, 3.05) is 0 Å². The van der Waals surface area contributed by atoms with Gasteiger partial charge in [0.15, 0.2) is 5.76 Å². The van der Waals surface area contributed by atoms with E-state index in [2.05, 4.69) is 0 Å². The van der Waals surface area contributed by atoms with Crippen LogP contribution < -0.4 is 0 Å². The molecule has 0 bridgehead atoms. The van der Waals surface area contributed by atoms with E-state index in [1.54, 1.807) is 6.92 Å². The van der Waals surface area contributed by atoms with Crippen molar-refractivity contribution in [1.82, 2.24) is 0 Å². The molecule has 0 aliphatic carbocycles. The molecule has 5 heteroatoms. The van der Waals surface area contributed by atoms with Crippen molar-refractivity contribution in [2.45, 2.75) is 6.92 Å². The Morgan fingerprint density at radius 2 is 2.21 bits per heavy atom. The van der Waals surface area contributed by atoms with Gasteiger partial charge < -0.3 is 10.2 Å². The predicted molar refractivity (Wildman–Crippen MR) is 51.1 cm³/mol. The van der Waals surface area contributed by atoms with Gasteiger partial charge in [-0.2, -0.15) is 0 Å². The number of aliphatic hydroxyl groups excluding tert-OH is 2. The van der Waals surface area contributed by atoms with Gasteiger partial charge in [-0.1, -0.05) is 0 Å². The standard InChI is InChI=1S/C9H9NO4/c1-6-4-7(9(12)5-11)2-3-8(6)10(13)14/h2-5,11-12H,1H3. The Bertz CT molecular complexity index is 398. The zero-order valence-electron chi connectivity index (χ0n) is 7.47. The normalized spacial score (nSPS) is 11.4. The maximum atomic E-state index is 10.5. The van der Waals surface area contributed by atoms with Crippen LogP contribution in [0.2, 0.25) is 0 Å². The van der Waals surface area contributed by atoms with E-state index >= 15 is 0 Å². The number of nitro groups is 1. The molecule has 0 atom stereocenters. The second-order valence-electron chi connectivity index (χ2n) is 2.77. The summed E-state index contributed by atoms with van der Waals surface area (Å²) in [6.07, 6.45) is 0.542. The second kappa shape index (κ2) is 3.78. The summed E-state index contributed by atoms with van der Waals surface area (Å²) in [6, 6.07) is 4.08. The number of benzene rings is 1. The maximum Gasteiger partial charge on any atom is 0.272 e. The summed E-state index contributed by atoms with van der Waals surface area (Å²) in [7, 11) is 0. The smallest absolute Gasteiger partial charge is 0.272 e. The molecule has 0 amide bonds. The molecular weight excluding hydrogens is 186 g/mol. The highest BCUT2D eigenvalue weighted by molar-refractivity contribution is 5.60. The number of hydrogen-bond donors (Lipinski definition) is 2. The Labute approximate surface area is 80.1 Å². The van der Waals surface area contributed by atoms with Gasteiger partial charge >= 0.3 is 0 Å². The molecule has 2 N–H and O–H groups in total. The Morgan fingerprint density at radius 3 is 2.64 bits per heavy atom. The number of hydrogen-bond acceptors (Lipinski definition) is 4. The van der Waals surface area contributed by atoms with Gasteiger partial charge in [0.25, 0.3) is 5.69 Å². The molecule has 0 saturated heterocycles. The minimum absolute atomic E-state index is 0.0144. The van der Waals surface area contributed by atoms with Gasteiger partial charge in [0.2, 0.25) is 0 Å². The maximum absolute atomic E-state index is 10.5. The Balaban J connectivity index is 3.19. The molecule has 0 aliphatic rings. The van der Waals surface area contributed by atoms with Crippen molar-refractivity contribution >= 4 is 11.4 Å². The number of aliphatic hydroxyl groups is 2. The van der Waals surface area contributed by atoms with Gasteiger partial charge in [-0.25, -0.2) is 0 Å². The Morgan fingerprint density at radius 1 is 1.57 bits per heavy atom. The van der Waals surface area contributed by atoms with E-state index in [4.69, 9.17) is 10.2 Å². The van der Waals surface area contributed by atoms with E-state index in [0.717, 1.165) is 0 Å². The summed E-state index contributed by atoms with van der Waals surface area (Å²) in [5, 5.41) is 28.1. The fourth-order valence-corrected chi connectivity index (χ4v) is 1.09. The fourth-order valence-electron chi connectivity index (χ4n) is 1.09. The average Bonchev–Trinajstić information content (AvgIpc) is 2.15. The third-order valence-electron chi connectivity index (χ3n) is 1.81. The first-order valence-corrected chi connectivity index (χ1v) is 3.85. The molecule has 74 valence electrons. The first-order valence-electron chi connectivity index (χ1n) is 3.85. The van der Waals surface area contributed by atoms with E-state index in [1.165, 1.54) is 18.2 Å². The summed E-state index contributed by atoms with van der Waals surface area (Å²) in [5.74, 6) is -0.317. The Hall–Kier alpha value is -2.04. The highest BCUT2D eigenvalue weighted by atomic mass is 16.6. The van der Waals surface area contributed by atoms with Crippen LogP contribution in [0.1, 0.15) is 11.1 Å². The fraction of sp³-hybridized carbons (Fsp3) is 0.111. The topological polar surface area (TPSA) is 83.6 Å². The van der Waals surface area contributed by atoms with Crippen LogP contribution in [0.25, 0.3) is 5.76 Å². The van der Waals surface area contributed by atoms with E-state index < -0.39 is 4.92 Å². The van der Waals surface area contributed by atoms with Gasteiger partial charge in [-0.05, 0) is 19.1 Å². The second-order valence-corrected chi connectivity index (χ2v) is 2.77. The van der Waals surface area contributed by atoms with Crippen LogP contribution in [-0.4, -0.2) is 15.1 Å². The third kappa shape index (κ3) is 1.82.